The summed E-state index contributed by atoms with van der Waals surface area (Å²) in [6, 6.07) is 14.4. The van der Waals surface area contributed by atoms with Gasteiger partial charge in [-0.15, -0.1) is 0 Å². The Labute approximate surface area is 235 Å². The van der Waals surface area contributed by atoms with Crippen molar-refractivity contribution in [3.8, 4) is 11.3 Å². The van der Waals surface area contributed by atoms with Crippen molar-refractivity contribution in [1.82, 2.24) is 14.8 Å². The molecule has 2 amide bonds. The van der Waals surface area contributed by atoms with Gasteiger partial charge in [-0.2, -0.15) is 0 Å². The van der Waals surface area contributed by atoms with Crippen LogP contribution in [-0.4, -0.2) is 64.8 Å². The van der Waals surface area contributed by atoms with E-state index in [2.05, 4.69) is 40.2 Å². The van der Waals surface area contributed by atoms with Gasteiger partial charge in [0, 0.05) is 54.3 Å². The van der Waals surface area contributed by atoms with E-state index in [-0.39, 0.29) is 37.2 Å². The molecule has 7 nitrogen and oxygen atoms in total. The van der Waals surface area contributed by atoms with Gasteiger partial charge in [0.1, 0.15) is 0 Å². The highest BCUT2D eigenvalue weighted by molar-refractivity contribution is 6.04. The zero-order valence-corrected chi connectivity index (χ0v) is 23.5. The molecule has 2 atom stereocenters. The van der Waals surface area contributed by atoms with Gasteiger partial charge < -0.3 is 24.6 Å². The number of fused-ring (bicyclic) bond motifs is 5. The van der Waals surface area contributed by atoms with Gasteiger partial charge in [0.05, 0.1) is 30.0 Å². The molecule has 0 radical (unpaired) electrons. The Morgan fingerprint density at radius 2 is 1.77 bits per heavy atom. The van der Waals surface area contributed by atoms with Crippen molar-refractivity contribution < 1.29 is 19.4 Å². The zero-order chi connectivity index (χ0) is 27.8. The van der Waals surface area contributed by atoms with Crippen molar-refractivity contribution in [3.05, 3.63) is 64.7 Å². The van der Waals surface area contributed by atoms with Crippen molar-refractivity contribution in [2.45, 2.75) is 70.5 Å². The van der Waals surface area contributed by atoms with Gasteiger partial charge in [0.25, 0.3) is 11.8 Å². The molecule has 2 aromatic carbocycles. The largest absolute Gasteiger partial charge is 0.395 e. The average Bonchev–Trinajstić information content (AvgIpc) is 3.17. The van der Waals surface area contributed by atoms with Crippen LogP contribution in [-0.2, 0) is 16.0 Å². The first-order valence-electron chi connectivity index (χ1n) is 14.7. The Bertz CT molecular complexity index is 1460. The molecule has 3 aromatic rings. The highest BCUT2D eigenvalue weighted by Crippen LogP contribution is 2.46. The van der Waals surface area contributed by atoms with Gasteiger partial charge in [-0.1, -0.05) is 49.6 Å². The van der Waals surface area contributed by atoms with Gasteiger partial charge in [-0.3, -0.25) is 9.59 Å². The highest BCUT2D eigenvalue weighted by Gasteiger charge is 2.32. The predicted molar refractivity (Wildman–Crippen MR) is 157 cm³/mol. The first-order valence-corrected chi connectivity index (χ1v) is 14.7. The predicted octanol–water partition coefficient (Wildman–Crippen LogP) is 5.11. The Balaban J connectivity index is 1.56. The normalized spacial score (nSPS) is 21.4. The third kappa shape index (κ3) is 4.97. The van der Waals surface area contributed by atoms with Gasteiger partial charge in [-0.05, 0) is 55.9 Å². The summed E-state index contributed by atoms with van der Waals surface area (Å²) in [6.07, 6.45) is 8.56. The smallest absolute Gasteiger partial charge is 0.251 e. The van der Waals surface area contributed by atoms with Gasteiger partial charge in [0.15, 0.2) is 0 Å². The molecule has 0 bridgehead atoms. The molecule has 3 aliphatic rings. The van der Waals surface area contributed by atoms with Crippen molar-refractivity contribution >= 4 is 28.9 Å². The topological polar surface area (TPSA) is 83.8 Å². The van der Waals surface area contributed by atoms with E-state index < -0.39 is 0 Å². The van der Waals surface area contributed by atoms with E-state index in [1.807, 2.05) is 37.1 Å². The van der Waals surface area contributed by atoms with Crippen LogP contribution in [0.4, 0.5) is 0 Å². The number of aromatic nitrogens is 1. The number of ether oxygens (including phenoxy) is 1. The van der Waals surface area contributed by atoms with Gasteiger partial charge in [-0.25, -0.2) is 0 Å². The zero-order valence-electron chi connectivity index (χ0n) is 23.5. The lowest BCUT2D eigenvalue weighted by molar-refractivity contribution is -0.139. The number of hydrogen-bond acceptors (Lipinski definition) is 4. The number of carbonyl (C=O) groups excluding carboxylic acids is 2. The minimum atomic E-state index is -0.212. The Hall–Kier alpha value is -3.42. The van der Waals surface area contributed by atoms with Crippen molar-refractivity contribution in [3.63, 3.8) is 0 Å². The van der Waals surface area contributed by atoms with Crippen LogP contribution in [0.2, 0.25) is 0 Å². The number of rotatable bonds is 5. The molecule has 7 heteroatoms. The number of amides is 2. The molecule has 6 rings (SSSR count). The second-order valence-electron chi connectivity index (χ2n) is 11.6. The summed E-state index contributed by atoms with van der Waals surface area (Å²) in [5, 5.41) is 13.1. The Kier molecular flexibility index (Phi) is 7.51. The van der Waals surface area contributed by atoms with E-state index >= 15 is 0 Å². The van der Waals surface area contributed by atoms with Crippen LogP contribution in [0.3, 0.4) is 0 Å². The summed E-state index contributed by atoms with van der Waals surface area (Å²) in [4.78, 5) is 28.9. The minimum Gasteiger partial charge on any atom is -0.395 e. The summed E-state index contributed by atoms with van der Waals surface area (Å²) in [5.74, 6) is 0.264. The van der Waals surface area contributed by atoms with Gasteiger partial charge >= 0.3 is 0 Å². The molecule has 1 saturated heterocycles. The van der Waals surface area contributed by atoms with Crippen molar-refractivity contribution in [1.29, 1.82) is 0 Å². The molecule has 2 N–H and O–H groups in total. The van der Waals surface area contributed by atoms with E-state index in [0.717, 1.165) is 46.1 Å². The van der Waals surface area contributed by atoms with Crippen molar-refractivity contribution in [2.75, 3.05) is 26.2 Å². The second kappa shape index (κ2) is 11.2. The minimum absolute atomic E-state index is 0.00720. The maximum Gasteiger partial charge on any atom is 0.251 e. The van der Waals surface area contributed by atoms with Crippen LogP contribution >= 0.6 is 0 Å². The first kappa shape index (κ1) is 26.8. The van der Waals surface area contributed by atoms with E-state index in [9.17, 15) is 14.7 Å². The number of nitrogens with zero attached hydrogens (tertiary/aromatic N) is 2. The lowest BCUT2D eigenvalue weighted by Gasteiger charge is -2.35. The molecular weight excluding hydrogens is 502 g/mol. The summed E-state index contributed by atoms with van der Waals surface area (Å²) in [6.45, 7) is 5.28. The fourth-order valence-corrected chi connectivity index (χ4v) is 6.95. The molecule has 1 aliphatic carbocycles. The molecule has 210 valence electrons. The third-order valence-electron chi connectivity index (χ3n) is 8.64. The highest BCUT2D eigenvalue weighted by atomic mass is 16.5. The molecule has 2 aliphatic heterocycles. The number of benzene rings is 2. The SMILES string of the molecule is CC1CN(C(=O)C2=Cn3c(c(C4CCCCC4)c4ccc(C(=O)NCCO)cc43)-c3ccccc3C2)CC(C)O1. The number of aliphatic hydroxyl groups excluding tert-OH is 1. The molecule has 2 unspecified atom stereocenters. The quantitative estimate of drug-likeness (QED) is 0.470. The van der Waals surface area contributed by atoms with Crippen LogP contribution in [0.15, 0.2) is 48.0 Å². The van der Waals surface area contributed by atoms with E-state index in [1.54, 1.807) is 0 Å². The van der Waals surface area contributed by atoms with E-state index in [1.165, 1.54) is 24.8 Å². The average molecular weight is 542 g/mol. The van der Waals surface area contributed by atoms with Crippen molar-refractivity contribution in [2.24, 2.45) is 0 Å². The molecule has 3 heterocycles. The molecule has 40 heavy (non-hydrogen) atoms. The Morgan fingerprint density at radius 1 is 1.02 bits per heavy atom. The Morgan fingerprint density at radius 3 is 2.52 bits per heavy atom. The summed E-state index contributed by atoms with van der Waals surface area (Å²) in [5.41, 5.74) is 7.03. The van der Waals surface area contributed by atoms with Crippen LogP contribution in [0, 0.1) is 0 Å². The molecule has 1 saturated carbocycles. The number of aliphatic hydroxyl groups is 1. The molecule has 1 aromatic heterocycles. The maximum absolute atomic E-state index is 14.1. The molecule has 2 fully saturated rings. The maximum atomic E-state index is 14.1. The lowest BCUT2D eigenvalue weighted by atomic mass is 9.81. The second-order valence-corrected chi connectivity index (χ2v) is 11.6. The van der Waals surface area contributed by atoms with Gasteiger partial charge in [0.2, 0.25) is 0 Å². The van der Waals surface area contributed by atoms with Crippen LogP contribution in [0.5, 0.6) is 0 Å². The van der Waals surface area contributed by atoms with E-state index in [4.69, 9.17) is 4.74 Å². The lowest BCUT2D eigenvalue weighted by Crippen LogP contribution is -2.48. The first-order chi connectivity index (χ1) is 19.4. The van der Waals surface area contributed by atoms with E-state index in [0.29, 0.717) is 31.0 Å². The molecule has 0 spiro atoms. The fraction of sp³-hybridized carbons (Fsp3) is 0.455. The standard InChI is InChI=1S/C33H39N3O4/c1-21-18-35(19-22(2)40-21)33(39)26-16-24-10-6-7-11-27(24)31-30(23-8-4-3-5-9-23)28-13-12-25(32(38)34-14-15-37)17-29(28)36(31)20-26/h6-7,10-13,17,20-23,37H,3-5,8-9,14-16,18-19H2,1-2H3,(H,34,38). The summed E-state index contributed by atoms with van der Waals surface area (Å²) < 4.78 is 8.10. The summed E-state index contributed by atoms with van der Waals surface area (Å²) >= 11 is 0. The third-order valence-corrected chi connectivity index (χ3v) is 8.64. The fourth-order valence-electron chi connectivity index (χ4n) is 6.95. The number of nitrogens with one attached hydrogen (secondary N) is 1. The monoisotopic (exact) mass is 541 g/mol. The van der Waals surface area contributed by atoms with Crippen LogP contribution < -0.4 is 5.32 Å². The number of carbonyl (C=O) groups is 2. The van der Waals surface area contributed by atoms with Crippen LogP contribution in [0.25, 0.3) is 28.4 Å². The number of morpholine rings is 1. The number of hydrogen-bond donors (Lipinski definition) is 2. The molecular formula is C33H39N3O4. The summed E-state index contributed by atoms with van der Waals surface area (Å²) in [7, 11) is 0. The van der Waals surface area contributed by atoms with Crippen LogP contribution in [0.1, 0.15) is 73.4 Å².